The van der Waals surface area contributed by atoms with Gasteiger partial charge < -0.3 is 64.2 Å². The third kappa shape index (κ3) is 36.8. The van der Waals surface area contributed by atoms with Crippen LogP contribution >= 0.6 is 0 Å². The zero-order valence-electron chi connectivity index (χ0n) is 49.7. The summed E-state index contributed by atoms with van der Waals surface area (Å²) >= 11 is 0. The van der Waals surface area contributed by atoms with Gasteiger partial charge in [0.05, 0.1) is 26.4 Å². The van der Waals surface area contributed by atoms with Crippen LogP contribution in [-0.4, -0.2) is 142 Å². The summed E-state index contributed by atoms with van der Waals surface area (Å²) in [5.41, 5.74) is 0. The van der Waals surface area contributed by atoms with Crippen molar-refractivity contribution >= 4 is 5.97 Å². The highest BCUT2D eigenvalue weighted by atomic mass is 16.7. The molecule has 0 aromatic rings. The van der Waals surface area contributed by atoms with Gasteiger partial charge in [0, 0.05) is 13.0 Å². The Morgan fingerprint density at radius 1 is 0.410 bits per heavy atom. The van der Waals surface area contributed by atoms with Crippen LogP contribution in [0, 0.1) is 0 Å². The monoisotopic (exact) mass is 1110 g/mol. The summed E-state index contributed by atoms with van der Waals surface area (Å²) in [5.74, 6) is -0.375. The SMILES string of the molecule is CCCCCCCCC/C=C\CCCCCCCCCC(=O)OC(COCCCCCCCCCCCCCCCC/C=C\CCCCCCCCCC)COC1OC(COC2OC(CO)C(O)C(O)C2O)C(O)C(O)C1O. The number of aliphatic hydroxyl groups excluding tert-OH is 7. The zero-order chi connectivity index (χ0) is 56.5. The number of hydrogen-bond donors (Lipinski definition) is 7. The molecule has 0 aromatic heterocycles. The first-order chi connectivity index (χ1) is 38.1. The first-order valence-electron chi connectivity index (χ1n) is 32.4. The lowest BCUT2D eigenvalue weighted by atomic mass is 9.98. The summed E-state index contributed by atoms with van der Waals surface area (Å²) in [6.45, 7) is 3.74. The fraction of sp³-hybridized carbons (Fsp3) is 0.922. The Bertz CT molecular complexity index is 1380. The van der Waals surface area contributed by atoms with E-state index in [1.165, 1.54) is 205 Å². The highest BCUT2D eigenvalue weighted by Crippen LogP contribution is 2.27. The molecule has 0 radical (unpaired) electrons. The number of carbonyl (C=O) groups is 1. The van der Waals surface area contributed by atoms with Crippen molar-refractivity contribution in [3.05, 3.63) is 24.3 Å². The Labute approximate surface area is 475 Å². The zero-order valence-corrected chi connectivity index (χ0v) is 49.7. The van der Waals surface area contributed by atoms with Crippen molar-refractivity contribution in [3.8, 4) is 0 Å². The molecule has 14 nitrogen and oxygen atoms in total. The van der Waals surface area contributed by atoms with Crippen LogP contribution in [0.3, 0.4) is 0 Å². The lowest BCUT2D eigenvalue weighted by Gasteiger charge is -2.42. The minimum atomic E-state index is -1.71. The first kappa shape index (κ1) is 72.6. The van der Waals surface area contributed by atoms with E-state index in [-0.39, 0.29) is 25.6 Å². The Morgan fingerprint density at radius 3 is 1.17 bits per heavy atom. The molecular weight excluding hydrogens is 993 g/mol. The van der Waals surface area contributed by atoms with Crippen LogP contribution in [0.2, 0.25) is 0 Å². The maximum atomic E-state index is 13.1. The fourth-order valence-electron chi connectivity index (χ4n) is 10.5. The normalized spacial score (nSPS) is 24.2. The number of esters is 1. The summed E-state index contributed by atoms with van der Waals surface area (Å²) < 4.78 is 34.5. The van der Waals surface area contributed by atoms with E-state index in [0.29, 0.717) is 13.0 Å². The lowest BCUT2D eigenvalue weighted by Crippen LogP contribution is -2.61. The van der Waals surface area contributed by atoms with Crippen LogP contribution in [0.5, 0.6) is 0 Å². The van der Waals surface area contributed by atoms with Crippen molar-refractivity contribution in [2.45, 2.75) is 345 Å². The average Bonchev–Trinajstić information content (AvgIpc) is 3.45. The van der Waals surface area contributed by atoms with E-state index < -0.39 is 80.7 Å². The van der Waals surface area contributed by atoms with Crippen molar-refractivity contribution in [1.29, 1.82) is 0 Å². The smallest absolute Gasteiger partial charge is 0.306 e. The van der Waals surface area contributed by atoms with Gasteiger partial charge in [-0.15, -0.1) is 0 Å². The average molecular weight is 1110 g/mol. The number of hydrogen-bond acceptors (Lipinski definition) is 14. The second-order valence-electron chi connectivity index (χ2n) is 22.9. The molecular formula is C64H120O14. The standard InChI is InChI=1S/C64H120O14/c1-3-5-7-9-11-13-15-17-19-21-23-24-25-26-27-28-29-30-32-34-36-38-40-42-44-46-48-73-50-53(76-56(66)47-45-43-41-39-37-35-33-31-22-20-18-16-14-12-10-8-6-4-2)51-74-63-62(72)60(70)58(68)55(78-63)52-75-64-61(71)59(69)57(67)54(49-65)77-64/h20-23,53-55,57-65,67-72H,3-19,24-52H2,1-2H3/b22-20-,23-21-. The molecule has 0 spiro atoms. The second-order valence-corrected chi connectivity index (χ2v) is 22.9. The number of allylic oxidation sites excluding steroid dienone is 4. The molecule has 2 saturated heterocycles. The molecule has 460 valence electrons. The van der Waals surface area contributed by atoms with Gasteiger partial charge in [0.1, 0.15) is 54.9 Å². The van der Waals surface area contributed by atoms with Gasteiger partial charge in [0.25, 0.3) is 0 Å². The third-order valence-corrected chi connectivity index (χ3v) is 15.7. The molecule has 7 N–H and O–H groups in total. The summed E-state index contributed by atoms with van der Waals surface area (Å²) in [7, 11) is 0. The minimum Gasteiger partial charge on any atom is -0.457 e. The largest absolute Gasteiger partial charge is 0.457 e. The van der Waals surface area contributed by atoms with Gasteiger partial charge in [-0.2, -0.15) is 0 Å². The molecule has 78 heavy (non-hydrogen) atoms. The van der Waals surface area contributed by atoms with Gasteiger partial charge in [-0.25, -0.2) is 0 Å². The van der Waals surface area contributed by atoms with E-state index in [1.54, 1.807) is 0 Å². The van der Waals surface area contributed by atoms with Crippen LogP contribution in [0.25, 0.3) is 0 Å². The third-order valence-electron chi connectivity index (χ3n) is 15.7. The van der Waals surface area contributed by atoms with E-state index >= 15 is 0 Å². The predicted octanol–water partition coefficient (Wildman–Crippen LogP) is 12.7. The molecule has 2 heterocycles. The quantitative estimate of drug-likeness (QED) is 0.0172. The van der Waals surface area contributed by atoms with Gasteiger partial charge in [-0.3, -0.25) is 4.79 Å². The number of aliphatic hydroxyl groups is 7. The van der Waals surface area contributed by atoms with Gasteiger partial charge in [0.15, 0.2) is 12.6 Å². The Balaban J connectivity index is 1.65. The van der Waals surface area contributed by atoms with Crippen LogP contribution in [0.15, 0.2) is 24.3 Å². The van der Waals surface area contributed by atoms with Gasteiger partial charge in [-0.1, -0.05) is 231 Å². The molecule has 2 aliphatic rings. The Kier molecular flexibility index (Phi) is 47.6. The first-order valence-corrected chi connectivity index (χ1v) is 32.4. The second kappa shape index (κ2) is 51.1. The summed E-state index contributed by atoms with van der Waals surface area (Å²) in [5, 5.41) is 72.5. The summed E-state index contributed by atoms with van der Waals surface area (Å²) in [4.78, 5) is 13.1. The van der Waals surface area contributed by atoms with Crippen LogP contribution in [0.4, 0.5) is 0 Å². The lowest BCUT2D eigenvalue weighted by molar-refractivity contribution is -0.332. The highest BCUT2D eigenvalue weighted by Gasteiger charge is 2.47. The molecule has 2 rings (SSSR count). The molecule has 0 amide bonds. The van der Waals surface area contributed by atoms with Crippen molar-refractivity contribution < 1.29 is 69.0 Å². The van der Waals surface area contributed by atoms with E-state index in [1.807, 2.05) is 0 Å². The minimum absolute atomic E-state index is 0.0640. The van der Waals surface area contributed by atoms with Gasteiger partial charge in [-0.05, 0) is 64.2 Å². The van der Waals surface area contributed by atoms with Gasteiger partial charge >= 0.3 is 5.97 Å². The molecule has 14 heteroatoms. The van der Waals surface area contributed by atoms with Crippen molar-refractivity contribution in [1.82, 2.24) is 0 Å². The van der Waals surface area contributed by atoms with Crippen LogP contribution in [0.1, 0.15) is 277 Å². The topological polar surface area (TPSA) is 214 Å². The number of rotatable bonds is 54. The van der Waals surface area contributed by atoms with Crippen molar-refractivity contribution in [2.24, 2.45) is 0 Å². The van der Waals surface area contributed by atoms with Crippen LogP contribution < -0.4 is 0 Å². The number of unbranched alkanes of at least 4 members (excludes halogenated alkanes) is 36. The summed E-state index contributed by atoms with van der Waals surface area (Å²) in [6, 6.07) is 0. The number of ether oxygens (including phenoxy) is 6. The van der Waals surface area contributed by atoms with Gasteiger partial charge in [0.2, 0.25) is 0 Å². The molecule has 11 unspecified atom stereocenters. The van der Waals surface area contributed by atoms with Crippen molar-refractivity contribution in [2.75, 3.05) is 33.0 Å². The van der Waals surface area contributed by atoms with Crippen molar-refractivity contribution in [3.63, 3.8) is 0 Å². The van der Waals surface area contributed by atoms with E-state index in [0.717, 1.165) is 44.9 Å². The number of carbonyl (C=O) groups excluding carboxylic acids is 1. The van der Waals surface area contributed by atoms with E-state index in [4.69, 9.17) is 28.4 Å². The maximum Gasteiger partial charge on any atom is 0.306 e. The molecule has 0 saturated carbocycles. The van der Waals surface area contributed by atoms with Crippen LogP contribution in [-0.2, 0) is 33.2 Å². The molecule has 0 aliphatic carbocycles. The molecule has 11 atom stereocenters. The molecule has 2 fully saturated rings. The van der Waals surface area contributed by atoms with E-state index in [2.05, 4.69) is 38.2 Å². The highest BCUT2D eigenvalue weighted by molar-refractivity contribution is 5.69. The Hall–Kier alpha value is -1.53. The summed E-state index contributed by atoms with van der Waals surface area (Å²) in [6.07, 6.45) is 43.9. The molecule has 0 aromatic carbocycles. The van der Waals surface area contributed by atoms with E-state index in [9.17, 15) is 40.5 Å². The Morgan fingerprint density at radius 2 is 0.756 bits per heavy atom. The predicted molar refractivity (Wildman–Crippen MR) is 312 cm³/mol. The molecule has 0 bridgehead atoms. The maximum absolute atomic E-state index is 13.1. The fourth-order valence-corrected chi connectivity index (χ4v) is 10.5. The molecule has 2 aliphatic heterocycles.